The fourth-order valence-electron chi connectivity index (χ4n) is 4.74. The van der Waals surface area contributed by atoms with E-state index in [4.69, 9.17) is 0 Å². The number of nitrogens with one attached hydrogen (secondary N) is 3. The summed E-state index contributed by atoms with van der Waals surface area (Å²) in [6.45, 7) is 3.40. The first kappa shape index (κ1) is 31.0. The second-order valence-electron chi connectivity index (χ2n) is 9.91. The Balaban J connectivity index is 1.81. The predicted molar refractivity (Wildman–Crippen MR) is 133 cm³/mol. The van der Waals surface area contributed by atoms with Gasteiger partial charge in [-0.15, -0.1) is 0 Å². The van der Waals surface area contributed by atoms with Crippen LogP contribution in [0, 0.1) is 18.7 Å². The molecule has 1 aromatic heterocycles. The van der Waals surface area contributed by atoms with Gasteiger partial charge in [-0.2, -0.15) is 18.3 Å². The first-order valence-electron chi connectivity index (χ1n) is 12.8. The molecule has 1 unspecified atom stereocenters. The van der Waals surface area contributed by atoms with E-state index < -0.39 is 72.9 Å². The Morgan fingerprint density at radius 2 is 1.80 bits per heavy atom. The van der Waals surface area contributed by atoms with Crippen molar-refractivity contribution in [3.05, 3.63) is 47.0 Å². The molecule has 14 heteroatoms. The van der Waals surface area contributed by atoms with Gasteiger partial charge < -0.3 is 16.0 Å². The molecule has 8 nitrogen and oxygen atoms in total. The first-order chi connectivity index (χ1) is 18.6. The average molecular weight is 576 g/mol. The lowest BCUT2D eigenvalue weighted by Gasteiger charge is -2.33. The number of anilines is 1. The Morgan fingerprint density at radius 3 is 2.40 bits per heavy atom. The van der Waals surface area contributed by atoms with Crippen molar-refractivity contribution >= 4 is 23.4 Å². The molecule has 3 N–H and O–H groups in total. The highest BCUT2D eigenvalue weighted by Crippen LogP contribution is 2.38. The van der Waals surface area contributed by atoms with E-state index in [-0.39, 0.29) is 29.8 Å². The molecule has 0 aliphatic heterocycles. The Hall–Kier alpha value is -3.58. The Kier molecular flexibility index (Phi) is 9.52. The monoisotopic (exact) mass is 575 g/mol. The van der Waals surface area contributed by atoms with E-state index in [9.17, 15) is 36.3 Å². The van der Waals surface area contributed by atoms with E-state index in [0.717, 1.165) is 6.07 Å². The molecule has 0 spiro atoms. The van der Waals surface area contributed by atoms with Gasteiger partial charge in [0.15, 0.2) is 0 Å². The molecule has 3 amide bonds. The second-order valence-corrected chi connectivity index (χ2v) is 9.91. The summed E-state index contributed by atoms with van der Waals surface area (Å²) < 4.78 is 81.4. The van der Waals surface area contributed by atoms with E-state index >= 15 is 4.39 Å². The number of alkyl halides is 5. The zero-order valence-corrected chi connectivity index (χ0v) is 22.2. The van der Waals surface area contributed by atoms with Crippen LogP contribution in [0.5, 0.6) is 0 Å². The van der Waals surface area contributed by atoms with E-state index in [1.165, 1.54) is 36.9 Å². The van der Waals surface area contributed by atoms with Crippen molar-refractivity contribution in [2.24, 2.45) is 5.92 Å². The molecule has 1 fully saturated rings. The third kappa shape index (κ3) is 7.75. The van der Waals surface area contributed by atoms with Crippen molar-refractivity contribution in [3.8, 4) is 0 Å². The molecule has 1 aliphatic rings. The molecular formula is C26H31F6N5O3. The number of aromatic nitrogens is 2. The molecule has 2 aromatic rings. The highest BCUT2D eigenvalue weighted by atomic mass is 19.4. The molecule has 40 heavy (non-hydrogen) atoms. The van der Waals surface area contributed by atoms with Crippen molar-refractivity contribution in [2.75, 3.05) is 11.9 Å². The van der Waals surface area contributed by atoms with E-state index in [1.807, 2.05) is 0 Å². The van der Waals surface area contributed by atoms with Gasteiger partial charge in [-0.05, 0) is 68.9 Å². The van der Waals surface area contributed by atoms with Gasteiger partial charge in [0.1, 0.15) is 24.1 Å². The third-order valence-electron chi connectivity index (χ3n) is 6.99. The Labute approximate surface area is 226 Å². The smallest absolute Gasteiger partial charge is 0.346 e. The van der Waals surface area contributed by atoms with Crippen LogP contribution in [0.1, 0.15) is 67.1 Å². The summed E-state index contributed by atoms with van der Waals surface area (Å²) in [6.07, 6.45) is -4.26. The molecule has 220 valence electrons. The van der Waals surface area contributed by atoms with Crippen LogP contribution in [-0.2, 0) is 16.1 Å². The van der Waals surface area contributed by atoms with Crippen molar-refractivity contribution < 1.29 is 40.7 Å². The maximum absolute atomic E-state index is 15.1. The topological polar surface area (TPSA) is 105 Å². The number of nitrogens with zero attached hydrogens (tertiary/aromatic N) is 2. The van der Waals surface area contributed by atoms with Crippen molar-refractivity contribution in [1.29, 1.82) is 0 Å². The lowest BCUT2D eigenvalue weighted by atomic mass is 9.81. The minimum absolute atomic E-state index is 0.0522. The zero-order valence-electron chi connectivity index (χ0n) is 22.2. The van der Waals surface area contributed by atoms with Crippen molar-refractivity contribution in [2.45, 2.75) is 77.1 Å². The van der Waals surface area contributed by atoms with Gasteiger partial charge in [-0.3, -0.25) is 19.1 Å². The van der Waals surface area contributed by atoms with Crippen LogP contribution in [0.25, 0.3) is 0 Å². The lowest BCUT2D eigenvalue weighted by molar-refractivity contribution is -0.139. The molecule has 1 aromatic carbocycles. The van der Waals surface area contributed by atoms with Gasteiger partial charge in [0.25, 0.3) is 5.91 Å². The van der Waals surface area contributed by atoms with Crippen LogP contribution in [0.15, 0.2) is 24.4 Å². The van der Waals surface area contributed by atoms with Gasteiger partial charge in [-0.1, -0.05) is 0 Å². The normalized spacial score (nSPS) is 17.1. The van der Waals surface area contributed by atoms with Crippen LogP contribution in [-0.4, -0.2) is 52.2 Å². The number of amides is 3. The van der Waals surface area contributed by atoms with Gasteiger partial charge in [-0.25, -0.2) is 13.2 Å². The highest BCUT2D eigenvalue weighted by molar-refractivity contribution is 6.01. The molecule has 3 rings (SSSR count). The lowest BCUT2D eigenvalue weighted by Crippen LogP contribution is -2.50. The number of carbonyl (C=O) groups is 3. The minimum Gasteiger partial charge on any atom is -0.346 e. The van der Waals surface area contributed by atoms with Crippen LogP contribution in [0.3, 0.4) is 0 Å². The van der Waals surface area contributed by atoms with E-state index in [1.54, 1.807) is 12.2 Å². The minimum atomic E-state index is -4.61. The van der Waals surface area contributed by atoms with Gasteiger partial charge in [0, 0.05) is 25.6 Å². The molecule has 0 radical (unpaired) electrons. The largest absolute Gasteiger partial charge is 0.405 e. The molecular weight excluding hydrogens is 544 g/mol. The van der Waals surface area contributed by atoms with Crippen LogP contribution >= 0.6 is 0 Å². The summed E-state index contributed by atoms with van der Waals surface area (Å²) in [4.78, 5) is 38.5. The summed E-state index contributed by atoms with van der Waals surface area (Å²) in [7, 11) is 0. The van der Waals surface area contributed by atoms with E-state index in [2.05, 4.69) is 15.7 Å². The number of hydrogen-bond donors (Lipinski definition) is 3. The average Bonchev–Trinajstić information content (AvgIpc) is 3.36. The first-order valence-corrected chi connectivity index (χ1v) is 12.8. The van der Waals surface area contributed by atoms with E-state index in [0.29, 0.717) is 12.1 Å². The number of halogens is 6. The van der Waals surface area contributed by atoms with Gasteiger partial charge in [0.2, 0.25) is 17.7 Å². The molecule has 1 aliphatic carbocycles. The van der Waals surface area contributed by atoms with Crippen LogP contribution in [0.2, 0.25) is 0 Å². The summed E-state index contributed by atoms with van der Waals surface area (Å²) in [5, 5.41) is 10.8. The molecule has 2 atom stereocenters. The molecule has 0 bridgehead atoms. The second kappa shape index (κ2) is 12.3. The maximum Gasteiger partial charge on any atom is 0.405 e. The van der Waals surface area contributed by atoms with Crippen molar-refractivity contribution in [1.82, 2.24) is 20.4 Å². The van der Waals surface area contributed by atoms with Gasteiger partial charge >= 0.3 is 6.18 Å². The number of hydrogen-bond acceptors (Lipinski definition) is 4. The number of aryl methyl sites for hydroxylation is 2. The third-order valence-corrected chi connectivity index (χ3v) is 6.99. The molecule has 1 heterocycles. The van der Waals surface area contributed by atoms with Crippen LogP contribution in [0.4, 0.5) is 32.0 Å². The number of rotatable bonds is 9. The number of benzene rings is 1. The highest BCUT2D eigenvalue weighted by Gasteiger charge is 2.41. The van der Waals surface area contributed by atoms with Crippen molar-refractivity contribution in [3.63, 3.8) is 0 Å². The van der Waals surface area contributed by atoms with Gasteiger partial charge in [0.05, 0.1) is 11.6 Å². The predicted octanol–water partition coefficient (Wildman–Crippen LogP) is 4.70. The quantitative estimate of drug-likeness (QED) is 0.377. The Morgan fingerprint density at radius 1 is 1.15 bits per heavy atom. The standard InChI is InChI=1S/C26H31F6N5O3/c1-4-37-20(7-10-34-37)23(39)36-21(16-5-8-25(28,29)9-6-16)24(40)35-19-11-14(2)17(12-18(19)27)15(3)22(38)33-13-26(30,31)32/h7,10-12,15-16,21H,4-6,8-9,13H2,1-3H3,(H,33,38)(H,35,40)(H,36,39)/t15?,21-/m0/s1. The summed E-state index contributed by atoms with van der Waals surface area (Å²) in [5.41, 5.74) is 0.289. The molecule has 1 saturated carbocycles. The molecule has 0 saturated heterocycles. The maximum atomic E-state index is 15.1. The SMILES string of the molecule is CCn1nccc1C(=O)N[C@H](C(=O)Nc1cc(C)c(C(C)C(=O)NCC(F)(F)F)cc1F)C1CCC(F)(F)CC1. The Bertz CT molecular complexity index is 1240. The zero-order chi connectivity index (χ0) is 29.8. The van der Waals surface area contributed by atoms with Crippen LogP contribution < -0.4 is 16.0 Å². The summed E-state index contributed by atoms with van der Waals surface area (Å²) >= 11 is 0. The summed E-state index contributed by atoms with van der Waals surface area (Å²) in [5.74, 6) is -8.06. The fraction of sp³-hybridized carbons (Fsp3) is 0.538. The summed E-state index contributed by atoms with van der Waals surface area (Å²) in [6, 6.07) is 2.33. The number of carbonyl (C=O) groups excluding carboxylic acids is 3. The fourth-order valence-corrected chi connectivity index (χ4v) is 4.74.